The number of rotatable bonds is 5. The summed E-state index contributed by atoms with van der Waals surface area (Å²) in [6, 6.07) is 5.99. The van der Waals surface area contributed by atoms with E-state index in [1.165, 1.54) is 5.56 Å². The average Bonchev–Trinajstić information content (AvgIpc) is 2.98. The van der Waals surface area contributed by atoms with Gasteiger partial charge in [0.1, 0.15) is 11.4 Å². The van der Waals surface area contributed by atoms with Crippen LogP contribution in [0.4, 0.5) is 0 Å². The van der Waals surface area contributed by atoms with Crippen LogP contribution >= 0.6 is 0 Å². The van der Waals surface area contributed by atoms with Crippen LogP contribution in [-0.2, 0) is 12.8 Å². The number of fused-ring (bicyclic) bond motifs is 3. The van der Waals surface area contributed by atoms with E-state index in [4.69, 9.17) is 4.74 Å². The number of nitrogens with zero attached hydrogens (tertiary/aromatic N) is 2. The Kier molecular flexibility index (Phi) is 4.34. The third-order valence-electron chi connectivity index (χ3n) is 4.15. The molecule has 122 valence electrons. The zero-order chi connectivity index (χ0) is 16.4. The van der Waals surface area contributed by atoms with Gasteiger partial charge in [0.2, 0.25) is 0 Å². The number of aromatic amines is 1. The van der Waals surface area contributed by atoms with Crippen LogP contribution in [0.5, 0.6) is 5.75 Å². The molecule has 0 aliphatic heterocycles. The van der Waals surface area contributed by atoms with Crippen LogP contribution in [0.3, 0.4) is 0 Å². The van der Waals surface area contributed by atoms with Crippen LogP contribution in [0.15, 0.2) is 18.2 Å². The van der Waals surface area contributed by atoms with Crippen LogP contribution < -0.4 is 10.1 Å². The number of methoxy groups -OCH3 is 1. The topological polar surface area (TPSA) is 70.2 Å². The maximum atomic E-state index is 12.4. The fraction of sp³-hybridized carbons (Fsp3) is 0.412. The molecule has 0 saturated carbocycles. The second-order valence-corrected chi connectivity index (χ2v) is 6.01. The maximum absolute atomic E-state index is 12.4. The summed E-state index contributed by atoms with van der Waals surface area (Å²) in [5.41, 5.74) is 4.76. The van der Waals surface area contributed by atoms with E-state index in [1.807, 2.05) is 37.2 Å². The first-order chi connectivity index (χ1) is 11.1. The second-order valence-electron chi connectivity index (χ2n) is 6.01. The lowest BCUT2D eigenvalue weighted by Crippen LogP contribution is -2.32. The molecule has 0 bridgehead atoms. The van der Waals surface area contributed by atoms with Crippen LogP contribution in [0.25, 0.3) is 11.3 Å². The van der Waals surface area contributed by atoms with Crippen molar-refractivity contribution >= 4 is 5.91 Å². The van der Waals surface area contributed by atoms with E-state index in [-0.39, 0.29) is 5.91 Å². The molecule has 2 N–H and O–H groups in total. The van der Waals surface area contributed by atoms with Crippen molar-refractivity contribution in [1.29, 1.82) is 0 Å². The van der Waals surface area contributed by atoms with Gasteiger partial charge in [-0.2, -0.15) is 5.10 Å². The summed E-state index contributed by atoms with van der Waals surface area (Å²) in [5, 5.41) is 10.2. The largest absolute Gasteiger partial charge is 0.497 e. The molecule has 1 aromatic carbocycles. The number of amides is 1. The third-order valence-corrected chi connectivity index (χ3v) is 4.15. The molecule has 1 heterocycles. The number of carbonyl (C=O) groups is 1. The summed E-state index contributed by atoms with van der Waals surface area (Å²) in [6.07, 6.45) is 1.69. The molecular weight excluding hydrogens is 292 g/mol. The first-order valence-electron chi connectivity index (χ1n) is 7.77. The summed E-state index contributed by atoms with van der Waals surface area (Å²) in [6.45, 7) is 1.43. The van der Waals surface area contributed by atoms with Gasteiger partial charge in [0.15, 0.2) is 0 Å². The Balaban J connectivity index is 1.83. The minimum absolute atomic E-state index is 0.0856. The molecule has 23 heavy (non-hydrogen) atoms. The van der Waals surface area contributed by atoms with Crippen LogP contribution in [-0.4, -0.2) is 55.3 Å². The number of H-pyrrole nitrogens is 1. The van der Waals surface area contributed by atoms with Crippen molar-refractivity contribution in [3.05, 3.63) is 35.0 Å². The molecule has 6 heteroatoms. The average molecular weight is 314 g/mol. The molecule has 1 aliphatic rings. The molecule has 0 radical (unpaired) electrons. The van der Waals surface area contributed by atoms with Gasteiger partial charge in [0.05, 0.1) is 12.8 Å². The molecule has 0 atom stereocenters. The number of likely N-dealkylation sites (N-methyl/N-ethyl adjacent to an activating group) is 1. The van der Waals surface area contributed by atoms with Gasteiger partial charge < -0.3 is 15.0 Å². The van der Waals surface area contributed by atoms with Crippen molar-refractivity contribution in [2.24, 2.45) is 0 Å². The van der Waals surface area contributed by atoms with Gasteiger partial charge >= 0.3 is 0 Å². The van der Waals surface area contributed by atoms with E-state index < -0.39 is 0 Å². The number of benzene rings is 1. The minimum Gasteiger partial charge on any atom is -0.497 e. The zero-order valence-corrected chi connectivity index (χ0v) is 13.8. The van der Waals surface area contributed by atoms with E-state index in [0.717, 1.165) is 42.0 Å². The van der Waals surface area contributed by atoms with Gasteiger partial charge in [-0.05, 0) is 50.7 Å². The van der Waals surface area contributed by atoms with E-state index >= 15 is 0 Å². The summed E-state index contributed by atoms with van der Waals surface area (Å²) >= 11 is 0. The summed E-state index contributed by atoms with van der Waals surface area (Å²) in [7, 11) is 5.63. The predicted molar refractivity (Wildman–Crippen MR) is 88.9 cm³/mol. The Bertz CT molecular complexity index is 721. The molecule has 0 saturated heterocycles. The van der Waals surface area contributed by atoms with Crippen molar-refractivity contribution in [3.8, 4) is 17.0 Å². The molecule has 6 nitrogen and oxygen atoms in total. The minimum atomic E-state index is -0.0856. The van der Waals surface area contributed by atoms with Crippen molar-refractivity contribution in [2.45, 2.75) is 12.8 Å². The number of hydrogen-bond donors (Lipinski definition) is 2. The molecule has 3 rings (SSSR count). The molecular formula is C17H22N4O2. The van der Waals surface area contributed by atoms with E-state index in [9.17, 15) is 4.79 Å². The number of aromatic nitrogens is 2. The van der Waals surface area contributed by atoms with Crippen LogP contribution in [0.2, 0.25) is 0 Å². The number of aryl methyl sites for hydroxylation is 1. The normalized spacial score (nSPS) is 12.7. The fourth-order valence-electron chi connectivity index (χ4n) is 2.90. The highest BCUT2D eigenvalue weighted by molar-refractivity contribution is 5.96. The summed E-state index contributed by atoms with van der Waals surface area (Å²) < 4.78 is 5.28. The van der Waals surface area contributed by atoms with Crippen LogP contribution in [0.1, 0.15) is 21.6 Å². The zero-order valence-electron chi connectivity index (χ0n) is 13.8. The summed E-state index contributed by atoms with van der Waals surface area (Å²) in [5.74, 6) is 0.766. The second kappa shape index (κ2) is 6.42. The smallest absolute Gasteiger partial charge is 0.269 e. The SMILES string of the molecule is COc1ccc2c(c1)CCc1c-2n[nH]c1C(=O)NCCN(C)C. The molecule has 0 spiro atoms. The molecule has 2 aromatic rings. The van der Waals surface area contributed by atoms with Crippen molar-refractivity contribution in [2.75, 3.05) is 34.3 Å². The Labute approximate surface area is 135 Å². The van der Waals surface area contributed by atoms with Crippen LogP contribution in [0, 0.1) is 0 Å². The standard InChI is InChI=1S/C17H22N4O2/c1-21(2)9-8-18-17(22)16-14-6-4-11-10-12(23-3)5-7-13(11)15(14)19-20-16/h5,7,10H,4,6,8-9H2,1-3H3,(H,18,22)(H,19,20). The number of carbonyl (C=O) groups excluding carboxylic acids is 1. The molecule has 0 unspecified atom stereocenters. The fourth-order valence-corrected chi connectivity index (χ4v) is 2.90. The van der Waals surface area contributed by atoms with E-state index in [0.29, 0.717) is 12.2 Å². The highest BCUT2D eigenvalue weighted by atomic mass is 16.5. The van der Waals surface area contributed by atoms with Gasteiger partial charge in [-0.25, -0.2) is 0 Å². The Morgan fingerprint density at radius 3 is 2.96 bits per heavy atom. The quantitative estimate of drug-likeness (QED) is 0.877. The Hall–Kier alpha value is -2.34. The number of ether oxygens (including phenoxy) is 1. The summed E-state index contributed by atoms with van der Waals surface area (Å²) in [4.78, 5) is 14.4. The van der Waals surface area contributed by atoms with Gasteiger partial charge in [-0.1, -0.05) is 0 Å². The molecule has 1 aliphatic carbocycles. The molecule has 0 fully saturated rings. The van der Waals surface area contributed by atoms with Crippen molar-refractivity contribution in [1.82, 2.24) is 20.4 Å². The Morgan fingerprint density at radius 1 is 1.39 bits per heavy atom. The highest BCUT2D eigenvalue weighted by Crippen LogP contribution is 2.35. The lowest BCUT2D eigenvalue weighted by Gasteiger charge is -2.17. The van der Waals surface area contributed by atoms with Gasteiger partial charge in [0.25, 0.3) is 5.91 Å². The predicted octanol–water partition coefficient (Wildman–Crippen LogP) is 1.48. The maximum Gasteiger partial charge on any atom is 0.269 e. The van der Waals surface area contributed by atoms with E-state index in [1.54, 1.807) is 7.11 Å². The first kappa shape index (κ1) is 15.6. The third kappa shape index (κ3) is 3.07. The number of nitrogens with one attached hydrogen (secondary N) is 2. The highest BCUT2D eigenvalue weighted by Gasteiger charge is 2.25. The van der Waals surface area contributed by atoms with Gasteiger partial charge in [0, 0.05) is 24.2 Å². The van der Waals surface area contributed by atoms with Gasteiger partial charge in [-0.3, -0.25) is 9.89 Å². The Morgan fingerprint density at radius 2 is 2.22 bits per heavy atom. The molecule has 1 aromatic heterocycles. The van der Waals surface area contributed by atoms with Crippen molar-refractivity contribution in [3.63, 3.8) is 0 Å². The van der Waals surface area contributed by atoms with E-state index in [2.05, 4.69) is 15.5 Å². The first-order valence-corrected chi connectivity index (χ1v) is 7.77. The number of hydrogen-bond acceptors (Lipinski definition) is 4. The van der Waals surface area contributed by atoms with Gasteiger partial charge in [-0.15, -0.1) is 0 Å². The lowest BCUT2D eigenvalue weighted by atomic mass is 9.89. The van der Waals surface area contributed by atoms with Crippen molar-refractivity contribution < 1.29 is 9.53 Å². The molecule has 1 amide bonds. The monoisotopic (exact) mass is 314 g/mol. The lowest BCUT2D eigenvalue weighted by molar-refractivity contribution is 0.0945.